The quantitative estimate of drug-likeness (QED) is 0.206. The minimum atomic E-state index is -0.133. The van der Waals surface area contributed by atoms with Gasteiger partial charge in [-0.1, -0.05) is 109 Å². The zero-order valence-electron chi connectivity index (χ0n) is 38.6. The van der Waals surface area contributed by atoms with Gasteiger partial charge in [0.25, 0.3) is 0 Å². The highest BCUT2D eigenvalue weighted by Gasteiger charge is 2.57. The lowest BCUT2D eigenvalue weighted by atomic mass is 9.25. The summed E-state index contributed by atoms with van der Waals surface area (Å²) >= 11 is 0. The SMILES string of the molecule is C1=CC2OC3=CCCC4=C3B(C3=C(C=CC(C5NC(C6=CC7B8C9=C(C=CCC9OC9CCC=CC89)OC7C=C6)NC(C6=CC7B8c9ccccc9OC9CC=CC(OC7C=C6)C89)N5)C3)O4)C2C=C1. The van der Waals surface area contributed by atoms with Crippen molar-refractivity contribution in [2.75, 3.05) is 0 Å². The Morgan fingerprint density at radius 1 is 0.623 bits per heavy atom. The van der Waals surface area contributed by atoms with Crippen molar-refractivity contribution >= 4 is 25.6 Å². The summed E-state index contributed by atoms with van der Waals surface area (Å²) in [5.74, 6) is 6.54. The molecular weight excluding hydrogens is 855 g/mol. The van der Waals surface area contributed by atoms with E-state index in [0.717, 1.165) is 73.7 Å². The Kier molecular flexibility index (Phi) is 9.18. The summed E-state index contributed by atoms with van der Waals surface area (Å²) in [4.78, 5) is 0. The maximum Gasteiger partial charge on any atom is 0.229 e. The molecule has 16 unspecified atom stereocenters. The van der Waals surface area contributed by atoms with Crippen LogP contribution in [0.15, 0.2) is 190 Å². The number of para-hydroxylation sites is 1. The number of hydrogen-bond acceptors (Lipinski definition) is 9. The van der Waals surface area contributed by atoms with Gasteiger partial charge in [0.1, 0.15) is 47.1 Å². The van der Waals surface area contributed by atoms with Crippen molar-refractivity contribution in [1.82, 2.24) is 16.0 Å². The van der Waals surface area contributed by atoms with E-state index in [1.54, 1.807) is 0 Å². The Labute approximate surface area is 405 Å². The highest BCUT2D eigenvalue weighted by Crippen LogP contribution is 2.54. The van der Waals surface area contributed by atoms with Crippen LogP contribution in [0.2, 0.25) is 29.1 Å². The Morgan fingerprint density at radius 3 is 2.41 bits per heavy atom. The molecule has 8 aliphatic carbocycles. The lowest BCUT2D eigenvalue weighted by Crippen LogP contribution is -2.70. The molecule has 7 heterocycles. The number of benzene rings is 1. The molecule has 15 aliphatic rings. The van der Waals surface area contributed by atoms with Crippen molar-refractivity contribution in [2.45, 2.75) is 135 Å². The second kappa shape index (κ2) is 15.6. The van der Waals surface area contributed by atoms with Crippen LogP contribution < -0.4 is 26.2 Å². The van der Waals surface area contributed by atoms with Gasteiger partial charge in [0.05, 0.1) is 42.9 Å². The number of rotatable bonds is 3. The van der Waals surface area contributed by atoms with E-state index in [1.807, 2.05) is 0 Å². The maximum atomic E-state index is 6.98. The molecule has 0 spiro atoms. The first-order valence-electron chi connectivity index (χ1n) is 26.2. The fourth-order valence-corrected chi connectivity index (χ4v) is 15.6. The summed E-state index contributed by atoms with van der Waals surface area (Å²) in [5.41, 5.74) is 7.86. The molecule has 69 heavy (non-hydrogen) atoms. The Bertz CT molecular complexity index is 2880. The number of fused-ring (bicyclic) bond motifs is 11. The molecule has 12 heteroatoms. The van der Waals surface area contributed by atoms with Crippen LogP contribution in [-0.2, 0) is 23.7 Å². The number of hydrogen-bond donors (Lipinski definition) is 3. The van der Waals surface area contributed by atoms with E-state index in [0.29, 0.717) is 12.5 Å². The van der Waals surface area contributed by atoms with E-state index in [9.17, 15) is 0 Å². The molecule has 0 bridgehead atoms. The predicted octanol–water partition coefficient (Wildman–Crippen LogP) is 8.14. The summed E-state index contributed by atoms with van der Waals surface area (Å²) in [7, 11) is 0. The van der Waals surface area contributed by atoms with E-state index in [-0.39, 0.29) is 104 Å². The first-order chi connectivity index (χ1) is 34.1. The Balaban J connectivity index is 0.766. The van der Waals surface area contributed by atoms with Crippen LogP contribution in [0.4, 0.5) is 0 Å². The molecule has 1 aromatic carbocycles. The van der Waals surface area contributed by atoms with E-state index < -0.39 is 0 Å². The van der Waals surface area contributed by atoms with Gasteiger partial charge in [0.2, 0.25) is 13.4 Å². The van der Waals surface area contributed by atoms with E-state index in [2.05, 4.69) is 156 Å². The Hall–Kier alpha value is -5.23. The summed E-state index contributed by atoms with van der Waals surface area (Å²) in [6.07, 6.45) is 51.1. The van der Waals surface area contributed by atoms with Crippen LogP contribution in [0.1, 0.15) is 44.9 Å². The van der Waals surface area contributed by atoms with Gasteiger partial charge in [0, 0.05) is 41.7 Å². The molecule has 16 rings (SSSR count). The minimum absolute atomic E-state index is 0.0180. The second-order valence-electron chi connectivity index (χ2n) is 22.0. The zero-order chi connectivity index (χ0) is 44.9. The smallest absolute Gasteiger partial charge is 0.229 e. The molecule has 0 saturated carbocycles. The van der Waals surface area contributed by atoms with Gasteiger partial charge in [-0.25, -0.2) is 0 Å². The van der Waals surface area contributed by atoms with Crippen molar-refractivity contribution < 1.29 is 28.4 Å². The van der Waals surface area contributed by atoms with Crippen LogP contribution in [0.3, 0.4) is 0 Å². The fraction of sp³-hybridized carbons (Fsp3) is 0.404. The van der Waals surface area contributed by atoms with Crippen molar-refractivity contribution in [3.63, 3.8) is 0 Å². The average Bonchev–Trinajstić information content (AvgIpc) is 3.40. The Morgan fingerprint density at radius 2 is 1.48 bits per heavy atom. The molecule has 9 nitrogen and oxygen atoms in total. The fourth-order valence-electron chi connectivity index (χ4n) is 15.6. The number of ether oxygens (including phenoxy) is 6. The first kappa shape index (κ1) is 40.5. The van der Waals surface area contributed by atoms with E-state index in [1.165, 1.54) is 33.0 Å². The highest BCUT2D eigenvalue weighted by atomic mass is 16.5. The van der Waals surface area contributed by atoms with Crippen LogP contribution in [0.25, 0.3) is 0 Å². The monoisotopic (exact) mass is 911 g/mol. The van der Waals surface area contributed by atoms with Gasteiger partial charge in [-0.2, -0.15) is 0 Å². The molecule has 4 fully saturated rings. The number of allylic oxidation sites excluding steroid dienone is 9. The minimum Gasteiger partial charge on any atom is -0.491 e. The predicted molar refractivity (Wildman–Crippen MR) is 270 cm³/mol. The van der Waals surface area contributed by atoms with Gasteiger partial charge < -0.3 is 28.4 Å². The third-order valence-electron chi connectivity index (χ3n) is 18.5. The molecule has 0 radical (unpaired) electrons. The van der Waals surface area contributed by atoms with E-state index >= 15 is 0 Å². The molecule has 3 N–H and O–H groups in total. The summed E-state index contributed by atoms with van der Waals surface area (Å²) in [6, 6.07) is 8.75. The molecular formula is C57H56B3N3O6. The first-order valence-corrected chi connectivity index (χ1v) is 26.2. The molecule has 0 amide bonds. The van der Waals surface area contributed by atoms with Gasteiger partial charge in [-0.15, -0.1) is 0 Å². The van der Waals surface area contributed by atoms with Gasteiger partial charge >= 0.3 is 0 Å². The van der Waals surface area contributed by atoms with Crippen molar-refractivity contribution in [1.29, 1.82) is 0 Å². The van der Waals surface area contributed by atoms with Crippen LogP contribution >= 0.6 is 0 Å². The summed E-state index contributed by atoms with van der Waals surface area (Å²) in [6.45, 7) is 0.832. The molecule has 344 valence electrons. The standard InChI is InChI=1S/C57H56B3N3O6/c1-4-13-40-34(10-1)58-37-28-31(22-25-43(37)67-49-19-7-16-46(64-40)52(49)58)55-61-56(32-23-26-44-38(29-32)59-35-11-2-5-14-41(35)65-47-17-8-20-50(68-44)53(47)59)63-57(62-55)33-24-27-45-39(30-33)60-36-12-3-6-15-42(36)66-48-18-9-21-51(69-45)54(48)60/h1-5,7,9-14,17,19,21-28,30,32,35-37,39,41-43,45-46,48-49,52,55-57,61-63H,6,8,15-16,18,20,29H2. The number of nitrogens with one attached hydrogen (secondary N) is 3. The molecule has 0 aromatic heterocycles. The van der Waals surface area contributed by atoms with Gasteiger partial charge in [-0.05, 0) is 102 Å². The molecule has 16 atom stereocenters. The van der Waals surface area contributed by atoms with Crippen molar-refractivity contribution in [3.05, 3.63) is 190 Å². The zero-order valence-corrected chi connectivity index (χ0v) is 38.6. The van der Waals surface area contributed by atoms with Crippen molar-refractivity contribution in [2.24, 2.45) is 5.92 Å². The second-order valence-corrected chi connectivity index (χ2v) is 22.0. The lowest BCUT2D eigenvalue weighted by molar-refractivity contribution is -0.00982. The van der Waals surface area contributed by atoms with Crippen LogP contribution in [0, 0.1) is 5.92 Å². The molecule has 4 saturated heterocycles. The van der Waals surface area contributed by atoms with E-state index in [4.69, 9.17) is 28.4 Å². The summed E-state index contributed by atoms with van der Waals surface area (Å²) < 4.78 is 41.0. The summed E-state index contributed by atoms with van der Waals surface area (Å²) in [5, 5.41) is 12.6. The van der Waals surface area contributed by atoms with Crippen LogP contribution in [-0.4, -0.2) is 81.4 Å². The van der Waals surface area contributed by atoms with Crippen LogP contribution in [0.5, 0.6) is 5.75 Å². The third-order valence-corrected chi connectivity index (χ3v) is 18.5. The molecule has 7 aliphatic heterocycles. The topological polar surface area (TPSA) is 91.5 Å². The van der Waals surface area contributed by atoms with Gasteiger partial charge in [-0.3, -0.25) is 16.0 Å². The normalized spacial score (nSPS) is 41.8. The largest absolute Gasteiger partial charge is 0.491 e. The molecule has 1 aromatic rings. The van der Waals surface area contributed by atoms with Gasteiger partial charge in [0.15, 0.2) is 6.71 Å². The average molecular weight is 912 g/mol. The maximum absolute atomic E-state index is 6.98. The van der Waals surface area contributed by atoms with Crippen molar-refractivity contribution in [3.8, 4) is 5.75 Å². The lowest BCUT2D eigenvalue weighted by Gasteiger charge is -2.52. The third kappa shape index (κ3) is 6.24. The highest BCUT2D eigenvalue weighted by molar-refractivity contribution is 6.78.